The van der Waals surface area contributed by atoms with E-state index in [0.29, 0.717) is 5.82 Å². The van der Waals surface area contributed by atoms with Crippen molar-refractivity contribution in [3.8, 4) is 45.2 Å². The molecule has 1 aliphatic carbocycles. The van der Waals surface area contributed by atoms with E-state index in [1.807, 2.05) is 24.4 Å². The van der Waals surface area contributed by atoms with Gasteiger partial charge in [-0.3, -0.25) is 4.98 Å². The SMILES string of the molecule is C1=Cc2c(c(-c3cc(-c4cc5ccccc5c5ccccc45)nc(-c4ccc(-c5ccccn5)cc4)n3)cc3ccccc23)CC1. The van der Waals surface area contributed by atoms with Gasteiger partial charge in [0.1, 0.15) is 0 Å². The maximum absolute atomic E-state index is 5.31. The highest BCUT2D eigenvalue weighted by molar-refractivity contribution is 6.13. The van der Waals surface area contributed by atoms with Gasteiger partial charge in [-0.2, -0.15) is 0 Å². The van der Waals surface area contributed by atoms with Gasteiger partial charge in [-0.05, 0) is 86.6 Å². The molecule has 2 heterocycles. The van der Waals surface area contributed by atoms with Crippen LogP contribution in [0.25, 0.3) is 83.6 Å². The van der Waals surface area contributed by atoms with Crippen LogP contribution in [0.5, 0.6) is 0 Å². The van der Waals surface area contributed by atoms with E-state index in [-0.39, 0.29) is 0 Å². The molecule has 0 amide bonds. The Bertz CT molecular complexity index is 2460. The molecule has 0 saturated heterocycles. The third kappa shape index (κ3) is 4.48. The van der Waals surface area contributed by atoms with E-state index in [1.165, 1.54) is 49.0 Å². The molecule has 3 heteroatoms. The van der Waals surface area contributed by atoms with Crippen molar-refractivity contribution in [2.75, 3.05) is 0 Å². The lowest BCUT2D eigenvalue weighted by Gasteiger charge is -2.19. The predicted octanol–water partition coefficient (Wildman–Crippen LogP) is 11.0. The average molecular weight is 588 g/mol. The van der Waals surface area contributed by atoms with Gasteiger partial charge < -0.3 is 0 Å². The van der Waals surface area contributed by atoms with Gasteiger partial charge in [0.25, 0.3) is 0 Å². The van der Waals surface area contributed by atoms with Crippen molar-refractivity contribution in [3.05, 3.63) is 157 Å². The first-order valence-corrected chi connectivity index (χ1v) is 15.8. The maximum atomic E-state index is 5.31. The van der Waals surface area contributed by atoms with E-state index < -0.39 is 0 Å². The zero-order valence-electron chi connectivity index (χ0n) is 25.2. The zero-order valence-corrected chi connectivity index (χ0v) is 25.2. The fourth-order valence-electron chi connectivity index (χ4n) is 6.98. The average Bonchev–Trinajstić information content (AvgIpc) is 3.14. The number of fused-ring (bicyclic) bond motifs is 6. The third-order valence-corrected chi connectivity index (χ3v) is 9.20. The summed E-state index contributed by atoms with van der Waals surface area (Å²) in [6.07, 6.45) is 8.42. The van der Waals surface area contributed by atoms with Crippen LogP contribution in [0.2, 0.25) is 0 Å². The van der Waals surface area contributed by atoms with Crippen molar-refractivity contribution < 1.29 is 0 Å². The fraction of sp³-hybridized carbons (Fsp3) is 0.0465. The molecule has 0 unspecified atom stereocenters. The molecule has 8 aromatic rings. The summed E-state index contributed by atoms with van der Waals surface area (Å²) >= 11 is 0. The Kier molecular flexibility index (Phi) is 6.27. The molecule has 0 aliphatic heterocycles. The summed E-state index contributed by atoms with van der Waals surface area (Å²) in [6, 6.07) is 47.2. The Morgan fingerprint density at radius 3 is 1.89 bits per heavy atom. The third-order valence-electron chi connectivity index (χ3n) is 9.20. The molecule has 0 bridgehead atoms. The van der Waals surface area contributed by atoms with Crippen LogP contribution >= 0.6 is 0 Å². The monoisotopic (exact) mass is 587 g/mol. The van der Waals surface area contributed by atoms with Crippen LogP contribution in [0.3, 0.4) is 0 Å². The zero-order chi connectivity index (χ0) is 30.5. The van der Waals surface area contributed by atoms with Crippen molar-refractivity contribution in [1.82, 2.24) is 15.0 Å². The van der Waals surface area contributed by atoms with Crippen molar-refractivity contribution in [2.45, 2.75) is 12.8 Å². The van der Waals surface area contributed by atoms with E-state index in [2.05, 4.69) is 132 Å². The van der Waals surface area contributed by atoms with E-state index in [0.717, 1.165) is 46.6 Å². The first-order valence-electron chi connectivity index (χ1n) is 15.8. The van der Waals surface area contributed by atoms with Gasteiger partial charge in [-0.1, -0.05) is 115 Å². The summed E-state index contributed by atoms with van der Waals surface area (Å²) in [6.45, 7) is 0. The number of nitrogens with zero attached hydrogens (tertiary/aromatic N) is 3. The largest absolute Gasteiger partial charge is 0.256 e. The molecular formula is C43H29N3. The van der Waals surface area contributed by atoms with E-state index in [1.54, 1.807) is 0 Å². The molecule has 0 fully saturated rings. The minimum Gasteiger partial charge on any atom is -0.256 e. The van der Waals surface area contributed by atoms with Crippen molar-refractivity contribution in [2.24, 2.45) is 0 Å². The summed E-state index contributed by atoms with van der Waals surface area (Å²) in [5.74, 6) is 0.713. The molecular weight excluding hydrogens is 558 g/mol. The molecule has 0 spiro atoms. The van der Waals surface area contributed by atoms with Crippen LogP contribution in [-0.4, -0.2) is 15.0 Å². The van der Waals surface area contributed by atoms with Crippen LogP contribution in [0.15, 0.2) is 146 Å². The highest BCUT2D eigenvalue weighted by Crippen LogP contribution is 2.40. The summed E-state index contributed by atoms with van der Waals surface area (Å²) in [4.78, 5) is 15.1. The highest BCUT2D eigenvalue weighted by atomic mass is 14.9. The van der Waals surface area contributed by atoms with Crippen LogP contribution in [0.1, 0.15) is 17.5 Å². The normalized spacial score (nSPS) is 12.5. The maximum Gasteiger partial charge on any atom is 0.160 e. The van der Waals surface area contributed by atoms with E-state index >= 15 is 0 Å². The number of hydrogen-bond acceptors (Lipinski definition) is 3. The molecule has 0 atom stereocenters. The number of aromatic nitrogens is 3. The second kappa shape index (κ2) is 10.9. The van der Waals surface area contributed by atoms with Crippen LogP contribution < -0.4 is 0 Å². The van der Waals surface area contributed by atoms with Crippen molar-refractivity contribution in [3.63, 3.8) is 0 Å². The molecule has 0 radical (unpaired) electrons. The summed E-state index contributed by atoms with van der Waals surface area (Å²) < 4.78 is 0. The van der Waals surface area contributed by atoms with E-state index in [4.69, 9.17) is 9.97 Å². The lowest BCUT2D eigenvalue weighted by atomic mass is 9.86. The smallest absolute Gasteiger partial charge is 0.160 e. The number of benzene rings is 6. The van der Waals surface area contributed by atoms with Crippen LogP contribution in [-0.2, 0) is 6.42 Å². The summed E-state index contributed by atoms with van der Waals surface area (Å²) in [5, 5.41) is 7.37. The Balaban J connectivity index is 1.31. The Morgan fingerprint density at radius 1 is 0.478 bits per heavy atom. The lowest BCUT2D eigenvalue weighted by Crippen LogP contribution is -2.02. The van der Waals surface area contributed by atoms with Crippen LogP contribution in [0, 0.1) is 0 Å². The first-order chi connectivity index (χ1) is 22.8. The predicted molar refractivity (Wildman–Crippen MR) is 191 cm³/mol. The molecule has 2 aromatic heterocycles. The van der Waals surface area contributed by atoms with E-state index in [9.17, 15) is 0 Å². The molecule has 6 aromatic carbocycles. The second-order valence-electron chi connectivity index (χ2n) is 11.9. The molecule has 0 saturated carbocycles. The summed E-state index contributed by atoms with van der Waals surface area (Å²) in [7, 11) is 0. The van der Waals surface area contributed by atoms with Gasteiger partial charge in [0, 0.05) is 28.5 Å². The number of rotatable bonds is 4. The standard InChI is InChI=1S/C43H29N3/c1-3-13-32-30(11-1)25-38(36-17-7-5-15-34(32)36)41-27-42(39-26-31-12-2-4-14-33(31)35-16-6-8-18-37(35)39)46-43(45-41)29-22-20-28(21-23-29)40-19-9-10-24-44-40/h1-7,9-17,19-27H,8,18H2. The van der Waals surface area contributed by atoms with Crippen molar-refractivity contribution in [1.29, 1.82) is 0 Å². The Morgan fingerprint density at radius 2 is 1.11 bits per heavy atom. The molecule has 216 valence electrons. The quantitative estimate of drug-likeness (QED) is 0.192. The Hall–Kier alpha value is -5.93. The number of allylic oxidation sites excluding steroid dienone is 1. The molecule has 46 heavy (non-hydrogen) atoms. The van der Waals surface area contributed by atoms with Gasteiger partial charge in [0.05, 0.1) is 17.1 Å². The van der Waals surface area contributed by atoms with Gasteiger partial charge >= 0.3 is 0 Å². The minimum absolute atomic E-state index is 0.713. The van der Waals surface area contributed by atoms with Gasteiger partial charge in [-0.25, -0.2) is 9.97 Å². The first kappa shape index (κ1) is 26.5. The number of hydrogen-bond donors (Lipinski definition) is 0. The minimum atomic E-state index is 0.713. The molecule has 3 nitrogen and oxygen atoms in total. The topological polar surface area (TPSA) is 38.7 Å². The molecule has 1 aliphatic rings. The second-order valence-corrected chi connectivity index (χ2v) is 11.9. The van der Waals surface area contributed by atoms with Crippen LogP contribution in [0.4, 0.5) is 0 Å². The molecule has 9 rings (SSSR count). The van der Waals surface area contributed by atoms with Crippen molar-refractivity contribution >= 4 is 38.4 Å². The summed E-state index contributed by atoms with van der Waals surface area (Å²) in [5.41, 5.74) is 9.80. The lowest BCUT2D eigenvalue weighted by molar-refractivity contribution is 0.989. The molecule has 0 N–H and O–H groups in total. The van der Waals surface area contributed by atoms with Gasteiger partial charge in [0.2, 0.25) is 0 Å². The number of pyridine rings is 1. The Labute approximate surface area is 267 Å². The highest BCUT2D eigenvalue weighted by Gasteiger charge is 2.20. The fourth-order valence-corrected chi connectivity index (χ4v) is 6.98. The van der Waals surface area contributed by atoms with Gasteiger partial charge in [-0.15, -0.1) is 0 Å². The van der Waals surface area contributed by atoms with Gasteiger partial charge in [0.15, 0.2) is 5.82 Å².